The molecule has 0 fully saturated rings. The fourth-order valence-electron chi connectivity index (χ4n) is 2.56. The first-order valence-electron chi connectivity index (χ1n) is 9.41. The zero-order chi connectivity index (χ0) is 21.6. The van der Waals surface area contributed by atoms with Gasteiger partial charge < -0.3 is 10.1 Å². The van der Waals surface area contributed by atoms with Crippen LogP contribution < -0.4 is 10.0 Å². The lowest BCUT2D eigenvalue weighted by Crippen LogP contribution is -2.49. The number of thiophene rings is 1. The molecule has 0 saturated carbocycles. The Kier molecular flexibility index (Phi) is 7.98. The number of hydrogen-bond donors (Lipinski definition) is 2. The summed E-state index contributed by atoms with van der Waals surface area (Å²) >= 11 is 1.31. The van der Waals surface area contributed by atoms with Crippen molar-refractivity contribution >= 4 is 34.3 Å². The summed E-state index contributed by atoms with van der Waals surface area (Å²) in [6.07, 6.45) is -0.270. The van der Waals surface area contributed by atoms with Crippen molar-refractivity contribution in [1.82, 2.24) is 10.0 Å². The van der Waals surface area contributed by atoms with E-state index in [9.17, 15) is 13.8 Å². The highest BCUT2D eigenvalue weighted by Gasteiger charge is 2.26. The maximum absolute atomic E-state index is 12.7. The quantitative estimate of drug-likeness (QED) is 0.670. The molecule has 0 aliphatic rings. The SMILES string of the molecule is CC(C)C[C@H](NC(=O)OC(C)(C)C)C(=O)NS(=O)c1cc(-c2ccccc2)cs1. The Balaban J connectivity index is 2.05. The molecule has 2 amide bonds. The first kappa shape index (κ1) is 23.1. The van der Waals surface area contributed by atoms with Crippen LogP contribution in [0.15, 0.2) is 46.0 Å². The van der Waals surface area contributed by atoms with Gasteiger partial charge in [-0.2, -0.15) is 0 Å². The molecule has 29 heavy (non-hydrogen) atoms. The van der Waals surface area contributed by atoms with E-state index in [1.807, 2.05) is 49.6 Å². The monoisotopic (exact) mass is 436 g/mol. The number of rotatable bonds is 7. The molecule has 0 bridgehead atoms. The van der Waals surface area contributed by atoms with Crippen LogP contribution in [0.4, 0.5) is 4.79 Å². The second kappa shape index (κ2) is 10.0. The van der Waals surface area contributed by atoms with Crippen LogP contribution in [0.5, 0.6) is 0 Å². The Hall–Kier alpha value is -2.19. The van der Waals surface area contributed by atoms with E-state index >= 15 is 0 Å². The third-order valence-electron chi connectivity index (χ3n) is 3.77. The topological polar surface area (TPSA) is 84.5 Å². The van der Waals surface area contributed by atoms with Crippen molar-refractivity contribution in [2.24, 2.45) is 5.92 Å². The normalized spacial score (nSPS) is 13.6. The lowest BCUT2D eigenvalue weighted by molar-refractivity contribution is -0.121. The van der Waals surface area contributed by atoms with Gasteiger partial charge in [-0.05, 0) is 55.7 Å². The van der Waals surface area contributed by atoms with Crippen molar-refractivity contribution in [3.63, 3.8) is 0 Å². The van der Waals surface area contributed by atoms with Gasteiger partial charge in [-0.25, -0.2) is 9.00 Å². The molecule has 8 heteroatoms. The predicted octanol–water partition coefficient (Wildman–Crippen LogP) is 4.49. The Labute approximate surface area is 178 Å². The van der Waals surface area contributed by atoms with E-state index in [1.54, 1.807) is 26.8 Å². The molecule has 2 aromatic rings. The number of alkyl carbamates (subject to hydrolysis) is 1. The van der Waals surface area contributed by atoms with Gasteiger partial charge in [0.1, 0.15) is 15.9 Å². The summed E-state index contributed by atoms with van der Waals surface area (Å²) in [6, 6.07) is 10.7. The first-order valence-corrected chi connectivity index (χ1v) is 11.4. The van der Waals surface area contributed by atoms with Crippen molar-refractivity contribution in [2.75, 3.05) is 0 Å². The molecule has 1 unspecified atom stereocenters. The van der Waals surface area contributed by atoms with Crippen LogP contribution in [-0.4, -0.2) is 27.9 Å². The highest BCUT2D eigenvalue weighted by molar-refractivity contribution is 7.86. The zero-order valence-corrected chi connectivity index (χ0v) is 19.0. The summed E-state index contributed by atoms with van der Waals surface area (Å²) in [5.41, 5.74) is 1.29. The molecule has 2 rings (SSSR count). The van der Waals surface area contributed by atoms with E-state index in [4.69, 9.17) is 4.74 Å². The van der Waals surface area contributed by atoms with E-state index in [-0.39, 0.29) is 5.92 Å². The summed E-state index contributed by atoms with van der Waals surface area (Å²) in [6.45, 7) is 9.14. The average molecular weight is 437 g/mol. The summed E-state index contributed by atoms with van der Waals surface area (Å²) in [5.74, 6) is -0.349. The zero-order valence-electron chi connectivity index (χ0n) is 17.4. The molecule has 0 aliphatic heterocycles. The van der Waals surface area contributed by atoms with E-state index < -0.39 is 34.6 Å². The van der Waals surface area contributed by atoms with Gasteiger partial charge in [-0.1, -0.05) is 44.2 Å². The fraction of sp³-hybridized carbons (Fsp3) is 0.429. The maximum atomic E-state index is 12.7. The Morgan fingerprint density at radius 3 is 2.38 bits per heavy atom. The molecular formula is C21H28N2O4S2. The molecular weight excluding hydrogens is 408 g/mol. The standard InChI is InChI=1S/C21H28N2O4S2/c1-14(2)11-17(22-20(25)27-21(3,4)5)19(24)23-29(26)18-12-16(13-28-18)15-9-7-6-8-10-15/h6-10,12-14,17H,11H2,1-5H3,(H,22,25)(H,23,24)/t17-,29?/m0/s1. The van der Waals surface area contributed by atoms with Gasteiger partial charge in [-0.15, -0.1) is 11.3 Å². The Bertz CT molecular complexity index is 857. The number of carbonyl (C=O) groups excluding carboxylic acids is 2. The smallest absolute Gasteiger partial charge is 0.408 e. The van der Waals surface area contributed by atoms with E-state index in [1.165, 1.54) is 11.3 Å². The Morgan fingerprint density at radius 1 is 1.14 bits per heavy atom. The van der Waals surface area contributed by atoms with Gasteiger partial charge in [0.2, 0.25) is 0 Å². The van der Waals surface area contributed by atoms with E-state index in [0.29, 0.717) is 10.6 Å². The van der Waals surface area contributed by atoms with Gasteiger partial charge >= 0.3 is 6.09 Å². The van der Waals surface area contributed by atoms with Gasteiger partial charge in [-0.3, -0.25) is 9.52 Å². The first-order chi connectivity index (χ1) is 13.5. The summed E-state index contributed by atoms with van der Waals surface area (Å²) < 4.78 is 20.9. The van der Waals surface area contributed by atoms with Crippen LogP contribution >= 0.6 is 11.3 Å². The lowest BCUT2D eigenvalue weighted by atomic mass is 10.0. The predicted molar refractivity (Wildman–Crippen MR) is 117 cm³/mol. The number of ether oxygens (including phenoxy) is 1. The highest BCUT2D eigenvalue weighted by atomic mass is 32.2. The second-order valence-corrected chi connectivity index (χ2v) is 10.4. The molecule has 1 heterocycles. The molecule has 0 saturated heterocycles. The van der Waals surface area contributed by atoms with E-state index in [2.05, 4.69) is 10.0 Å². The van der Waals surface area contributed by atoms with Crippen molar-refractivity contribution in [3.05, 3.63) is 41.8 Å². The summed E-state index contributed by atoms with van der Waals surface area (Å²) in [5, 5.41) is 4.49. The van der Waals surface area contributed by atoms with Crippen LogP contribution in [0.2, 0.25) is 0 Å². The molecule has 0 radical (unpaired) electrons. The van der Waals surface area contributed by atoms with Gasteiger partial charge in [0.15, 0.2) is 11.0 Å². The molecule has 2 N–H and O–H groups in total. The van der Waals surface area contributed by atoms with Gasteiger partial charge in [0.05, 0.1) is 0 Å². The fourth-order valence-corrected chi connectivity index (χ4v) is 4.48. The number of amides is 2. The molecule has 158 valence electrons. The molecule has 6 nitrogen and oxygen atoms in total. The average Bonchev–Trinajstić information content (AvgIpc) is 3.10. The largest absolute Gasteiger partial charge is 0.444 e. The van der Waals surface area contributed by atoms with Gasteiger partial charge in [0, 0.05) is 0 Å². The van der Waals surface area contributed by atoms with Crippen LogP contribution in [0, 0.1) is 5.92 Å². The minimum atomic E-state index is -1.71. The minimum absolute atomic E-state index is 0.153. The van der Waals surface area contributed by atoms with Crippen molar-refractivity contribution in [3.8, 4) is 11.1 Å². The van der Waals surface area contributed by atoms with Gasteiger partial charge in [0.25, 0.3) is 5.91 Å². The van der Waals surface area contributed by atoms with E-state index in [0.717, 1.165) is 11.1 Å². The third-order valence-corrected chi connectivity index (χ3v) is 6.11. The maximum Gasteiger partial charge on any atom is 0.408 e. The van der Waals surface area contributed by atoms with Crippen molar-refractivity contribution in [2.45, 2.75) is 56.9 Å². The van der Waals surface area contributed by atoms with Crippen molar-refractivity contribution in [1.29, 1.82) is 0 Å². The summed E-state index contributed by atoms with van der Waals surface area (Å²) in [7, 11) is -1.71. The van der Waals surface area contributed by atoms with Crippen LogP contribution in [0.1, 0.15) is 41.0 Å². The van der Waals surface area contributed by atoms with Crippen molar-refractivity contribution < 1.29 is 18.5 Å². The molecule has 0 spiro atoms. The lowest BCUT2D eigenvalue weighted by Gasteiger charge is -2.24. The summed E-state index contributed by atoms with van der Waals surface area (Å²) in [4.78, 5) is 24.8. The molecule has 2 atom stereocenters. The molecule has 0 aliphatic carbocycles. The van der Waals surface area contributed by atoms with Crippen LogP contribution in [0.25, 0.3) is 11.1 Å². The molecule has 1 aromatic heterocycles. The highest BCUT2D eigenvalue weighted by Crippen LogP contribution is 2.27. The number of carbonyl (C=O) groups is 2. The number of benzene rings is 1. The Morgan fingerprint density at radius 2 is 1.79 bits per heavy atom. The van der Waals surface area contributed by atoms with Crippen LogP contribution in [-0.2, 0) is 20.5 Å². The third kappa shape index (κ3) is 7.62. The molecule has 1 aromatic carbocycles. The minimum Gasteiger partial charge on any atom is -0.444 e. The second-order valence-electron chi connectivity index (χ2n) is 8.08. The van der Waals surface area contributed by atoms with Crippen LogP contribution in [0.3, 0.4) is 0 Å². The number of hydrogen-bond acceptors (Lipinski definition) is 5. The number of nitrogens with one attached hydrogen (secondary N) is 2.